The number of amides is 2. The Morgan fingerprint density at radius 2 is 2.09 bits per heavy atom. The first kappa shape index (κ1) is 16.5. The fraction of sp³-hybridized carbons (Fsp3) is 0.562. The van der Waals surface area contributed by atoms with Crippen LogP contribution in [-0.4, -0.2) is 30.9 Å². The van der Waals surface area contributed by atoms with Gasteiger partial charge in [-0.1, -0.05) is 19.3 Å². The van der Waals surface area contributed by atoms with Gasteiger partial charge in [-0.15, -0.1) is 0 Å². The van der Waals surface area contributed by atoms with E-state index in [9.17, 15) is 14.3 Å². The Bertz CT molecular complexity index is 510. The van der Waals surface area contributed by atoms with Crippen molar-refractivity contribution in [2.24, 2.45) is 5.92 Å². The van der Waals surface area contributed by atoms with Crippen LogP contribution in [-0.2, 0) is 0 Å². The van der Waals surface area contributed by atoms with Gasteiger partial charge >= 0.3 is 6.03 Å². The van der Waals surface area contributed by atoms with Crippen LogP contribution < -0.4 is 15.4 Å². The van der Waals surface area contributed by atoms with Crippen LogP contribution in [0.5, 0.6) is 5.75 Å². The topological polar surface area (TPSA) is 70.6 Å². The van der Waals surface area contributed by atoms with Gasteiger partial charge in [0.15, 0.2) is 0 Å². The van der Waals surface area contributed by atoms with Crippen LogP contribution in [0.3, 0.4) is 0 Å². The van der Waals surface area contributed by atoms with E-state index < -0.39 is 11.8 Å². The number of halogens is 1. The van der Waals surface area contributed by atoms with Crippen molar-refractivity contribution in [3.05, 3.63) is 24.0 Å². The summed E-state index contributed by atoms with van der Waals surface area (Å²) in [5.41, 5.74) is 0.337. The van der Waals surface area contributed by atoms with Crippen LogP contribution in [0.2, 0.25) is 0 Å². The van der Waals surface area contributed by atoms with E-state index in [-0.39, 0.29) is 18.6 Å². The molecule has 2 atom stereocenters. The summed E-state index contributed by atoms with van der Waals surface area (Å²) >= 11 is 0. The molecule has 0 radical (unpaired) electrons. The maximum Gasteiger partial charge on any atom is 0.319 e. The molecule has 0 spiro atoms. The zero-order valence-corrected chi connectivity index (χ0v) is 12.8. The Labute approximate surface area is 129 Å². The quantitative estimate of drug-likeness (QED) is 0.749. The molecule has 0 aromatic heterocycles. The van der Waals surface area contributed by atoms with Gasteiger partial charge in [-0.3, -0.25) is 0 Å². The van der Waals surface area contributed by atoms with E-state index in [1.165, 1.54) is 19.2 Å². The number of hydrogen-bond acceptors (Lipinski definition) is 3. The second kappa shape index (κ2) is 7.98. The summed E-state index contributed by atoms with van der Waals surface area (Å²) in [6, 6.07) is 3.59. The van der Waals surface area contributed by atoms with Crippen molar-refractivity contribution >= 4 is 11.7 Å². The van der Waals surface area contributed by atoms with Crippen LogP contribution in [0, 0.1) is 11.7 Å². The molecule has 1 fully saturated rings. The zero-order chi connectivity index (χ0) is 15.9. The third-order valence-electron chi connectivity index (χ3n) is 4.07. The molecule has 0 aliphatic heterocycles. The van der Waals surface area contributed by atoms with Crippen molar-refractivity contribution in [3.8, 4) is 5.75 Å². The van der Waals surface area contributed by atoms with Crippen LogP contribution >= 0.6 is 0 Å². The number of hydrogen-bond donors (Lipinski definition) is 3. The molecule has 22 heavy (non-hydrogen) atoms. The third-order valence-corrected chi connectivity index (χ3v) is 4.07. The number of carbonyl (C=O) groups excluding carboxylic acids is 1. The molecule has 1 saturated carbocycles. The summed E-state index contributed by atoms with van der Waals surface area (Å²) in [7, 11) is 1.44. The van der Waals surface area contributed by atoms with Crippen LogP contribution in [0.1, 0.15) is 32.1 Å². The van der Waals surface area contributed by atoms with E-state index in [2.05, 4.69) is 10.6 Å². The van der Waals surface area contributed by atoms with E-state index in [1.807, 2.05) is 0 Å². The van der Waals surface area contributed by atoms with Gasteiger partial charge in [-0.05, 0) is 18.9 Å². The first-order valence-electron chi connectivity index (χ1n) is 7.65. The first-order chi connectivity index (χ1) is 10.6. The van der Waals surface area contributed by atoms with Gasteiger partial charge in [0, 0.05) is 36.4 Å². The van der Waals surface area contributed by atoms with Crippen molar-refractivity contribution in [2.45, 2.75) is 38.1 Å². The Balaban J connectivity index is 1.98. The highest BCUT2D eigenvalue weighted by Gasteiger charge is 2.24. The molecular formula is C16H23FN2O3. The molecule has 5 nitrogen and oxygen atoms in total. The highest BCUT2D eigenvalue weighted by molar-refractivity contribution is 5.89. The van der Waals surface area contributed by atoms with Gasteiger partial charge in [0.25, 0.3) is 0 Å². The SMILES string of the molecule is COc1cc(F)cc(NC(=O)NC2CCCCCC2CO)c1. The minimum absolute atomic E-state index is 0.0528. The summed E-state index contributed by atoms with van der Waals surface area (Å²) < 4.78 is 18.4. The molecule has 6 heteroatoms. The van der Waals surface area contributed by atoms with Gasteiger partial charge in [-0.2, -0.15) is 0 Å². The van der Waals surface area contributed by atoms with E-state index in [4.69, 9.17) is 4.74 Å². The lowest BCUT2D eigenvalue weighted by Crippen LogP contribution is -2.43. The number of carbonyl (C=O) groups is 1. The highest BCUT2D eigenvalue weighted by Crippen LogP contribution is 2.24. The van der Waals surface area contributed by atoms with Gasteiger partial charge in [0.05, 0.1) is 7.11 Å². The van der Waals surface area contributed by atoms with Gasteiger partial charge in [0.2, 0.25) is 0 Å². The fourth-order valence-corrected chi connectivity index (χ4v) is 2.88. The predicted octanol–water partition coefficient (Wildman–Crippen LogP) is 2.90. The highest BCUT2D eigenvalue weighted by atomic mass is 19.1. The molecule has 2 amide bonds. The van der Waals surface area contributed by atoms with Crippen molar-refractivity contribution in [2.75, 3.05) is 19.0 Å². The summed E-state index contributed by atoms with van der Waals surface area (Å²) in [4.78, 5) is 12.1. The number of nitrogens with one attached hydrogen (secondary N) is 2. The molecule has 0 saturated heterocycles. The second-order valence-electron chi connectivity index (χ2n) is 5.67. The number of benzene rings is 1. The summed E-state index contributed by atoms with van der Waals surface area (Å²) in [6.07, 6.45) is 5.00. The Kier molecular flexibility index (Phi) is 6.00. The minimum Gasteiger partial charge on any atom is -0.497 e. The van der Waals surface area contributed by atoms with E-state index >= 15 is 0 Å². The average molecular weight is 310 g/mol. The van der Waals surface area contributed by atoms with Crippen molar-refractivity contribution in [1.82, 2.24) is 5.32 Å². The number of aliphatic hydroxyl groups is 1. The lowest BCUT2D eigenvalue weighted by molar-refractivity contribution is 0.182. The second-order valence-corrected chi connectivity index (χ2v) is 5.67. The van der Waals surface area contributed by atoms with Crippen molar-refractivity contribution in [3.63, 3.8) is 0 Å². The maximum absolute atomic E-state index is 13.4. The standard InChI is InChI=1S/C16H23FN2O3/c1-22-14-8-12(17)7-13(9-14)18-16(21)19-15-6-4-2-3-5-11(15)10-20/h7-9,11,15,20H,2-6,10H2,1H3,(H2,18,19,21). The lowest BCUT2D eigenvalue weighted by Gasteiger charge is -2.24. The van der Waals surface area contributed by atoms with Crippen molar-refractivity contribution in [1.29, 1.82) is 0 Å². The van der Waals surface area contributed by atoms with Crippen LogP contribution in [0.15, 0.2) is 18.2 Å². The summed E-state index contributed by atoms with van der Waals surface area (Å²) in [5, 5.41) is 15.0. The van der Waals surface area contributed by atoms with Gasteiger partial charge in [0.1, 0.15) is 11.6 Å². The monoisotopic (exact) mass is 310 g/mol. The number of ether oxygens (including phenoxy) is 1. The Hall–Kier alpha value is -1.82. The van der Waals surface area contributed by atoms with Gasteiger partial charge < -0.3 is 20.5 Å². The van der Waals surface area contributed by atoms with Crippen LogP contribution in [0.4, 0.5) is 14.9 Å². The minimum atomic E-state index is -0.475. The number of methoxy groups -OCH3 is 1. The molecule has 0 heterocycles. The van der Waals surface area contributed by atoms with Crippen molar-refractivity contribution < 1.29 is 19.0 Å². The summed E-state index contributed by atoms with van der Waals surface area (Å²) in [6.45, 7) is 0.0682. The molecule has 2 unspecified atom stereocenters. The molecule has 2 rings (SSSR count). The Morgan fingerprint density at radius 3 is 2.82 bits per heavy atom. The maximum atomic E-state index is 13.4. The number of urea groups is 1. The smallest absolute Gasteiger partial charge is 0.319 e. The largest absolute Gasteiger partial charge is 0.497 e. The number of rotatable bonds is 4. The zero-order valence-electron chi connectivity index (χ0n) is 12.8. The van der Waals surface area contributed by atoms with Crippen LogP contribution in [0.25, 0.3) is 0 Å². The molecule has 122 valence electrons. The Morgan fingerprint density at radius 1 is 1.32 bits per heavy atom. The molecule has 1 aromatic rings. The average Bonchev–Trinajstić information content (AvgIpc) is 2.71. The first-order valence-corrected chi connectivity index (χ1v) is 7.65. The van der Waals surface area contributed by atoms with E-state index in [0.717, 1.165) is 32.1 Å². The van der Waals surface area contributed by atoms with E-state index in [1.54, 1.807) is 6.07 Å². The van der Waals surface area contributed by atoms with E-state index in [0.29, 0.717) is 11.4 Å². The molecule has 1 aromatic carbocycles. The number of anilines is 1. The predicted molar refractivity (Wildman–Crippen MR) is 82.6 cm³/mol. The molecule has 3 N–H and O–H groups in total. The molecular weight excluding hydrogens is 287 g/mol. The number of aliphatic hydroxyl groups excluding tert-OH is 1. The lowest BCUT2D eigenvalue weighted by atomic mass is 9.96. The fourth-order valence-electron chi connectivity index (χ4n) is 2.88. The molecule has 1 aliphatic carbocycles. The molecule has 1 aliphatic rings. The summed E-state index contributed by atoms with van der Waals surface area (Å²) in [5.74, 6) is -0.0503. The molecule has 0 bridgehead atoms. The van der Waals surface area contributed by atoms with Gasteiger partial charge in [-0.25, -0.2) is 9.18 Å². The normalized spacial score (nSPS) is 21.8. The third kappa shape index (κ3) is 4.59.